The van der Waals surface area contributed by atoms with Crippen molar-refractivity contribution in [3.8, 4) is 44.5 Å². The Labute approximate surface area is 326 Å². The SMILES string of the molecule is Nc1cc2c(-c3ccc([N+](=O)[O-])cc3)c3c(-c4ccc([N+](=O)[O-])cc4)c4cc(N)c(N)cc4c(-c4ccc([N+](=O)[O-])cc4)c3c(-c3ccc([N+](=O)[O-])cc3)c2cc1N. The smallest absolute Gasteiger partial charge is 0.269 e. The maximum absolute atomic E-state index is 11.8. The number of benzene rings is 8. The first-order valence-corrected chi connectivity index (χ1v) is 17.4. The summed E-state index contributed by atoms with van der Waals surface area (Å²) in [6, 6.07) is 30.4. The van der Waals surface area contributed by atoms with Crippen LogP contribution in [0, 0.1) is 40.5 Å². The summed E-state index contributed by atoms with van der Waals surface area (Å²) in [6.45, 7) is 0. The quantitative estimate of drug-likeness (QED) is 0.0486. The van der Waals surface area contributed by atoms with Gasteiger partial charge in [-0.3, -0.25) is 40.5 Å². The van der Waals surface area contributed by atoms with E-state index in [-0.39, 0.29) is 45.5 Å². The lowest BCUT2D eigenvalue weighted by molar-refractivity contribution is -0.385. The molecule has 0 aliphatic rings. The average Bonchev–Trinajstić information content (AvgIpc) is 3.20. The van der Waals surface area contributed by atoms with Crippen molar-refractivity contribution in [3.63, 3.8) is 0 Å². The Morgan fingerprint density at radius 2 is 0.483 bits per heavy atom. The Hall–Kier alpha value is -8.66. The Kier molecular flexibility index (Phi) is 8.50. The number of non-ortho nitro benzene ring substituents is 4. The number of nitrogens with zero attached hydrogens (tertiary/aromatic N) is 4. The zero-order valence-corrected chi connectivity index (χ0v) is 29.9. The summed E-state index contributed by atoms with van der Waals surface area (Å²) in [7, 11) is 0. The van der Waals surface area contributed by atoms with E-state index in [0.717, 1.165) is 0 Å². The fourth-order valence-electron chi connectivity index (χ4n) is 7.58. The third-order valence-electron chi connectivity index (χ3n) is 10.2. The Balaban J connectivity index is 1.74. The van der Waals surface area contributed by atoms with Gasteiger partial charge in [0.2, 0.25) is 0 Å². The van der Waals surface area contributed by atoms with Gasteiger partial charge in [-0.2, -0.15) is 0 Å². The minimum absolute atomic E-state index is 0.167. The molecule has 0 bridgehead atoms. The average molecular weight is 773 g/mol. The van der Waals surface area contributed by atoms with Crippen LogP contribution in [-0.4, -0.2) is 19.7 Å². The predicted octanol–water partition coefficient (Wildman–Crippen LogP) is 9.78. The molecule has 0 saturated heterocycles. The fourth-order valence-corrected chi connectivity index (χ4v) is 7.58. The van der Waals surface area contributed by atoms with E-state index < -0.39 is 19.7 Å². The Morgan fingerprint density at radius 1 is 0.310 bits per heavy atom. The number of nitro benzene ring substituents is 4. The van der Waals surface area contributed by atoms with Crippen LogP contribution in [0.2, 0.25) is 0 Å². The van der Waals surface area contributed by atoms with Gasteiger partial charge in [0, 0.05) is 48.5 Å². The number of hydrogen-bond donors (Lipinski definition) is 4. The van der Waals surface area contributed by atoms with E-state index in [4.69, 9.17) is 22.9 Å². The van der Waals surface area contributed by atoms with Gasteiger partial charge in [0.1, 0.15) is 0 Å². The van der Waals surface area contributed by atoms with Crippen molar-refractivity contribution in [1.29, 1.82) is 0 Å². The van der Waals surface area contributed by atoms with Crippen LogP contribution < -0.4 is 22.9 Å². The highest BCUT2D eigenvalue weighted by molar-refractivity contribution is 6.34. The van der Waals surface area contributed by atoms with Crippen molar-refractivity contribution in [2.24, 2.45) is 0 Å². The van der Waals surface area contributed by atoms with Crippen LogP contribution in [0.25, 0.3) is 76.8 Å². The first-order valence-electron chi connectivity index (χ1n) is 17.4. The number of rotatable bonds is 8. The highest BCUT2D eigenvalue weighted by atomic mass is 16.6. The molecular weight excluding hydrogens is 745 g/mol. The summed E-state index contributed by atoms with van der Waals surface area (Å²) >= 11 is 0. The van der Waals surface area contributed by atoms with Crippen LogP contribution in [0.1, 0.15) is 0 Å². The van der Waals surface area contributed by atoms with Gasteiger partial charge in [0.25, 0.3) is 22.7 Å². The molecule has 8 N–H and O–H groups in total. The molecule has 0 radical (unpaired) electrons. The second kappa shape index (κ2) is 13.6. The maximum Gasteiger partial charge on any atom is 0.269 e. The molecule has 16 heteroatoms. The van der Waals surface area contributed by atoms with Gasteiger partial charge in [0.05, 0.1) is 42.4 Å². The second-order valence-corrected chi connectivity index (χ2v) is 13.5. The van der Waals surface area contributed by atoms with Gasteiger partial charge in [-0.1, -0.05) is 0 Å². The molecule has 0 aromatic heterocycles. The second-order valence-electron chi connectivity index (χ2n) is 13.5. The van der Waals surface area contributed by atoms with E-state index in [0.29, 0.717) is 76.8 Å². The summed E-state index contributed by atoms with van der Waals surface area (Å²) in [5.41, 5.74) is 30.5. The van der Waals surface area contributed by atoms with E-state index in [9.17, 15) is 40.5 Å². The Morgan fingerprint density at radius 3 is 0.638 bits per heavy atom. The van der Waals surface area contributed by atoms with E-state index in [1.807, 2.05) is 0 Å². The van der Waals surface area contributed by atoms with Crippen LogP contribution in [0.3, 0.4) is 0 Å². The van der Waals surface area contributed by atoms with Crippen LogP contribution >= 0.6 is 0 Å². The normalized spacial score (nSPS) is 11.2. The lowest BCUT2D eigenvalue weighted by atomic mass is 9.77. The third-order valence-corrected chi connectivity index (χ3v) is 10.2. The van der Waals surface area contributed by atoms with Crippen molar-refractivity contribution in [1.82, 2.24) is 0 Å². The van der Waals surface area contributed by atoms with Gasteiger partial charge < -0.3 is 22.9 Å². The van der Waals surface area contributed by atoms with E-state index in [1.54, 1.807) is 72.8 Å². The van der Waals surface area contributed by atoms with Crippen LogP contribution in [0.5, 0.6) is 0 Å². The molecule has 0 spiro atoms. The number of nitrogens with two attached hydrogens (primary N) is 4. The summed E-state index contributed by atoms with van der Waals surface area (Å²) in [5.74, 6) is 0. The van der Waals surface area contributed by atoms with Crippen molar-refractivity contribution in [2.75, 3.05) is 22.9 Å². The number of hydrogen-bond acceptors (Lipinski definition) is 12. The number of anilines is 4. The maximum atomic E-state index is 11.8. The third kappa shape index (κ3) is 5.89. The van der Waals surface area contributed by atoms with Gasteiger partial charge in [-0.15, -0.1) is 0 Å². The zero-order chi connectivity index (χ0) is 41.2. The van der Waals surface area contributed by atoms with Gasteiger partial charge in [-0.25, -0.2) is 0 Å². The molecule has 8 aromatic carbocycles. The number of nitro groups is 4. The van der Waals surface area contributed by atoms with Crippen LogP contribution in [-0.2, 0) is 0 Å². The molecule has 0 aliphatic carbocycles. The molecule has 16 nitrogen and oxygen atoms in total. The topological polar surface area (TPSA) is 277 Å². The van der Waals surface area contributed by atoms with Crippen LogP contribution in [0.4, 0.5) is 45.5 Å². The summed E-state index contributed by atoms with van der Waals surface area (Å²) in [5, 5.41) is 50.6. The molecule has 8 rings (SSSR count). The lowest BCUT2D eigenvalue weighted by Gasteiger charge is -2.26. The molecule has 0 atom stereocenters. The molecule has 0 heterocycles. The Bertz CT molecular complexity index is 2670. The number of fused-ring (bicyclic) bond motifs is 3. The van der Waals surface area contributed by atoms with E-state index in [1.165, 1.54) is 48.5 Å². The number of nitrogen functional groups attached to an aromatic ring is 4. The molecule has 0 fully saturated rings. The fraction of sp³-hybridized carbons (Fsp3) is 0. The molecule has 0 saturated carbocycles. The first kappa shape index (κ1) is 36.3. The monoisotopic (exact) mass is 772 g/mol. The van der Waals surface area contributed by atoms with Crippen molar-refractivity contribution >= 4 is 77.8 Å². The first-order chi connectivity index (χ1) is 27.7. The molecular formula is C42H28N8O8. The largest absolute Gasteiger partial charge is 0.397 e. The molecule has 8 aromatic rings. The molecule has 0 amide bonds. The highest BCUT2D eigenvalue weighted by Gasteiger charge is 2.28. The van der Waals surface area contributed by atoms with Crippen molar-refractivity contribution in [3.05, 3.63) is 162 Å². The molecule has 0 unspecified atom stereocenters. The summed E-state index contributed by atoms with van der Waals surface area (Å²) < 4.78 is 0. The van der Waals surface area contributed by atoms with Crippen molar-refractivity contribution in [2.45, 2.75) is 0 Å². The zero-order valence-electron chi connectivity index (χ0n) is 29.9. The van der Waals surface area contributed by atoms with E-state index in [2.05, 4.69) is 0 Å². The predicted molar refractivity (Wildman–Crippen MR) is 225 cm³/mol. The summed E-state index contributed by atoms with van der Waals surface area (Å²) in [6.07, 6.45) is 0. The van der Waals surface area contributed by atoms with Gasteiger partial charge >= 0.3 is 0 Å². The molecule has 0 aliphatic heterocycles. The van der Waals surface area contributed by atoms with Gasteiger partial charge in [0.15, 0.2) is 0 Å². The summed E-state index contributed by atoms with van der Waals surface area (Å²) in [4.78, 5) is 45.2. The molecule has 284 valence electrons. The standard InChI is InChI=1S/C42H28N8O8/c43-33-17-29-30(18-34(33)44)39(23-5-13-27(14-6-23)49(55)56)42-40(24-7-15-28(16-8-24)50(57)58)32-20-36(46)35(45)19-31(32)38(22-3-11-26(12-4-22)48(53)54)41(42)37(29)21-1-9-25(10-2-21)47(51)52/h1-20H,43-46H2. The minimum Gasteiger partial charge on any atom is -0.397 e. The van der Waals surface area contributed by atoms with E-state index >= 15 is 0 Å². The van der Waals surface area contributed by atoms with Gasteiger partial charge in [-0.05, 0) is 150 Å². The highest BCUT2D eigenvalue weighted by Crippen LogP contribution is 2.55. The molecule has 58 heavy (non-hydrogen) atoms. The lowest BCUT2D eigenvalue weighted by Crippen LogP contribution is -2.02. The van der Waals surface area contributed by atoms with Crippen LogP contribution in [0.15, 0.2) is 121 Å². The minimum atomic E-state index is -0.522. The van der Waals surface area contributed by atoms with Crippen molar-refractivity contribution < 1.29 is 19.7 Å².